The fourth-order valence-electron chi connectivity index (χ4n) is 2.57. The van der Waals surface area contributed by atoms with Gasteiger partial charge in [0, 0.05) is 17.5 Å². The van der Waals surface area contributed by atoms with Crippen molar-refractivity contribution in [2.24, 2.45) is 0 Å². The molecule has 26 heavy (non-hydrogen) atoms. The van der Waals surface area contributed by atoms with E-state index in [9.17, 15) is 4.79 Å². The number of hydrogen-bond acceptors (Lipinski definition) is 7. The zero-order chi connectivity index (χ0) is 18.7. The van der Waals surface area contributed by atoms with Crippen molar-refractivity contribution in [1.82, 2.24) is 4.31 Å². The molecule has 0 spiro atoms. The fraction of sp³-hybridized carbons (Fsp3) is 0.222. The van der Waals surface area contributed by atoms with Gasteiger partial charge in [-0.3, -0.25) is 9.10 Å². The number of furan rings is 1. The first kappa shape index (κ1) is 18.3. The van der Waals surface area contributed by atoms with Crippen molar-refractivity contribution in [2.45, 2.75) is 6.54 Å². The summed E-state index contributed by atoms with van der Waals surface area (Å²) in [6, 6.07) is 7.15. The largest absolute Gasteiger partial charge is 0.493 e. The van der Waals surface area contributed by atoms with Crippen LogP contribution in [0.5, 0.6) is 17.2 Å². The van der Waals surface area contributed by atoms with Crippen LogP contribution in [0.15, 0.2) is 40.5 Å². The highest BCUT2D eigenvalue weighted by Gasteiger charge is 2.33. The molecule has 1 saturated heterocycles. The van der Waals surface area contributed by atoms with Gasteiger partial charge < -0.3 is 18.6 Å². The van der Waals surface area contributed by atoms with E-state index in [1.165, 1.54) is 26.2 Å². The van der Waals surface area contributed by atoms with Gasteiger partial charge in [0.2, 0.25) is 5.75 Å². The zero-order valence-corrected chi connectivity index (χ0v) is 16.1. The molecule has 6 nitrogen and oxygen atoms in total. The number of hydrogen-bond donors (Lipinski definition) is 0. The highest BCUT2D eigenvalue weighted by molar-refractivity contribution is 8.23. The Bertz CT molecular complexity index is 861. The quantitative estimate of drug-likeness (QED) is 0.423. The van der Waals surface area contributed by atoms with Gasteiger partial charge in [-0.05, 0) is 30.3 Å². The second-order valence-electron chi connectivity index (χ2n) is 5.28. The summed E-state index contributed by atoms with van der Waals surface area (Å²) in [5.41, 5.74) is 1.11. The molecule has 2 heterocycles. The Labute approximate surface area is 160 Å². The van der Waals surface area contributed by atoms with Crippen LogP contribution in [0.25, 0.3) is 6.08 Å². The minimum absolute atomic E-state index is 0.173. The Hall–Kier alpha value is -2.45. The van der Waals surface area contributed by atoms with Crippen molar-refractivity contribution in [3.05, 3.63) is 47.4 Å². The molecular formula is C18H17NO5S2. The second kappa shape index (κ2) is 7.84. The van der Waals surface area contributed by atoms with Crippen molar-refractivity contribution in [2.75, 3.05) is 21.3 Å². The molecule has 1 aliphatic heterocycles. The van der Waals surface area contributed by atoms with Crippen molar-refractivity contribution < 1.29 is 23.4 Å². The standard InChI is InChI=1S/C18H17NO5S2/c1-21-14-7-6-11(15(22-2)16(14)23-3)9-13-17(20)19(26-18(13)25)10-12-5-4-8-24-12/h4-9H,10H2,1-3H3. The van der Waals surface area contributed by atoms with Crippen molar-refractivity contribution in [3.8, 4) is 17.2 Å². The van der Waals surface area contributed by atoms with Crippen LogP contribution in [0, 0.1) is 0 Å². The maximum atomic E-state index is 12.7. The minimum Gasteiger partial charge on any atom is -0.493 e. The predicted octanol–water partition coefficient (Wildman–Crippen LogP) is 3.71. The Balaban J connectivity index is 1.94. The third kappa shape index (κ3) is 3.42. The maximum Gasteiger partial charge on any atom is 0.266 e. The fourth-order valence-corrected chi connectivity index (χ4v) is 3.81. The summed E-state index contributed by atoms with van der Waals surface area (Å²) in [5.74, 6) is 2.00. The molecule has 1 fully saturated rings. The summed E-state index contributed by atoms with van der Waals surface area (Å²) in [4.78, 5) is 12.7. The van der Waals surface area contributed by atoms with Gasteiger partial charge in [-0.1, -0.05) is 12.2 Å². The molecule has 8 heteroatoms. The molecular weight excluding hydrogens is 374 g/mol. The normalized spacial score (nSPS) is 15.7. The van der Waals surface area contributed by atoms with Gasteiger partial charge in [0.25, 0.3) is 5.91 Å². The summed E-state index contributed by atoms with van der Waals surface area (Å²) in [7, 11) is 4.61. The van der Waals surface area contributed by atoms with Gasteiger partial charge in [-0.15, -0.1) is 0 Å². The van der Waals surface area contributed by atoms with Gasteiger partial charge in [0.1, 0.15) is 9.96 Å². The van der Waals surface area contributed by atoms with Crippen LogP contribution in [0.1, 0.15) is 11.3 Å². The van der Waals surface area contributed by atoms with Crippen LogP contribution >= 0.6 is 24.2 Å². The number of carbonyl (C=O) groups excluding carboxylic acids is 1. The number of methoxy groups -OCH3 is 3. The number of ether oxygens (including phenoxy) is 3. The molecule has 1 aromatic heterocycles. The Morgan fingerprint density at radius 2 is 1.92 bits per heavy atom. The molecule has 1 aromatic carbocycles. The lowest BCUT2D eigenvalue weighted by molar-refractivity contribution is -0.121. The van der Waals surface area contributed by atoms with Crippen LogP contribution in [0.4, 0.5) is 0 Å². The van der Waals surface area contributed by atoms with Gasteiger partial charge in [0.15, 0.2) is 11.5 Å². The first-order valence-corrected chi connectivity index (χ1v) is 8.84. The highest BCUT2D eigenvalue weighted by atomic mass is 32.2. The monoisotopic (exact) mass is 391 g/mol. The van der Waals surface area contributed by atoms with Gasteiger partial charge in [-0.2, -0.15) is 0 Å². The first-order valence-electron chi connectivity index (χ1n) is 7.66. The molecule has 3 rings (SSSR count). The van der Waals surface area contributed by atoms with Gasteiger partial charge in [0.05, 0.1) is 39.7 Å². The van der Waals surface area contributed by atoms with E-state index in [0.717, 1.165) is 0 Å². The first-order chi connectivity index (χ1) is 12.6. The summed E-state index contributed by atoms with van der Waals surface area (Å²) in [6.45, 7) is 0.344. The average Bonchev–Trinajstić information content (AvgIpc) is 3.25. The van der Waals surface area contributed by atoms with E-state index in [-0.39, 0.29) is 5.91 Å². The molecule has 0 unspecified atom stereocenters. The van der Waals surface area contributed by atoms with Crippen LogP contribution in [0.2, 0.25) is 0 Å². The molecule has 1 aliphatic rings. The van der Waals surface area contributed by atoms with Crippen LogP contribution in [0.3, 0.4) is 0 Å². The predicted molar refractivity (Wildman–Crippen MR) is 104 cm³/mol. The molecule has 0 aliphatic carbocycles. The Morgan fingerprint density at radius 1 is 1.15 bits per heavy atom. The third-order valence-corrected chi connectivity index (χ3v) is 5.13. The molecule has 0 radical (unpaired) electrons. The minimum atomic E-state index is -0.173. The zero-order valence-electron chi connectivity index (χ0n) is 14.5. The van der Waals surface area contributed by atoms with Gasteiger partial charge >= 0.3 is 0 Å². The molecule has 2 aromatic rings. The summed E-state index contributed by atoms with van der Waals surface area (Å²) in [5, 5.41) is 0. The van der Waals surface area contributed by atoms with E-state index >= 15 is 0 Å². The van der Waals surface area contributed by atoms with Gasteiger partial charge in [-0.25, -0.2) is 0 Å². The summed E-state index contributed by atoms with van der Waals surface area (Å²) >= 11 is 6.60. The van der Waals surface area contributed by atoms with E-state index in [2.05, 4.69) is 0 Å². The number of amides is 1. The van der Waals surface area contributed by atoms with Crippen molar-refractivity contribution >= 4 is 40.3 Å². The van der Waals surface area contributed by atoms with Crippen LogP contribution in [-0.2, 0) is 11.3 Å². The van der Waals surface area contributed by atoms with E-state index in [1.807, 2.05) is 6.07 Å². The molecule has 1 amide bonds. The Morgan fingerprint density at radius 3 is 2.54 bits per heavy atom. The average molecular weight is 391 g/mol. The number of rotatable bonds is 6. The lowest BCUT2D eigenvalue weighted by Crippen LogP contribution is -2.18. The Kier molecular flexibility index (Phi) is 5.53. The van der Waals surface area contributed by atoms with E-state index in [1.54, 1.807) is 42.0 Å². The smallest absolute Gasteiger partial charge is 0.266 e. The lowest BCUT2D eigenvalue weighted by atomic mass is 10.1. The molecule has 0 N–H and O–H groups in total. The molecule has 0 bridgehead atoms. The topological polar surface area (TPSA) is 61.1 Å². The van der Waals surface area contributed by atoms with Crippen molar-refractivity contribution in [3.63, 3.8) is 0 Å². The third-order valence-electron chi connectivity index (χ3n) is 3.78. The van der Waals surface area contributed by atoms with E-state index < -0.39 is 0 Å². The molecule has 0 atom stereocenters. The number of thiocarbonyl (C=S) groups is 1. The number of benzene rings is 1. The van der Waals surface area contributed by atoms with E-state index in [4.69, 9.17) is 30.8 Å². The number of carbonyl (C=O) groups is 1. The van der Waals surface area contributed by atoms with Crippen molar-refractivity contribution in [1.29, 1.82) is 0 Å². The van der Waals surface area contributed by atoms with Crippen LogP contribution in [-0.4, -0.2) is 35.7 Å². The summed E-state index contributed by atoms with van der Waals surface area (Å²) < 4.78 is 23.5. The maximum absolute atomic E-state index is 12.7. The number of nitrogens with zero attached hydrogens (tertiary/aromatic N) is 1. The molecule has 136 valence electrons. The lowest BCUT2D eigenvalue weighted by Gasteiger charge is -2.14. The second-order valence-corrected chi connectivity index (χ2v) is 6.98. The highest BCUT2D eigenvalue weighted by Crippen LogP contribution is 2.42. The van der Waals surface area contributed by atoms with E-state index in [0.29, 0.717) is 44.9 Å². The SMILES string of the molecule is COc1ccc(C=C2C(=O)N(Cc3ccco3)SC2=S)c(OC)c1OC. The van der Waals surface area contributed by atoms with Crippen LogP contribution < -0.4 is 14.2 Å². The summed E-state index contributed by atoms with van der Waals surface area (Å²) in [6.07, 6.45) is 3.28. The molecule has 0 saturated carbocycles.